The van der Waals surface area contributed by atoms with Crippen LogP contribution >= 0.6 is 0 Å². The zero-order valence-electron chi connectivity index (χ0n) is 21.9. The highest BCUT2D eigenvalue weighted by molar-refractivity contribution is 5.79. The van der Waals surface area contributed by atoms with Crippen molar-refractivity contribution in [1.82, 2.24) is 9.80 Å². The molecule has 0 unspecified atom stereocenters. The minimum absolute atomic E-state index is 0.107. The van der Waals surface area contributed by atoms with Crippen molar-refractivity contribution >= 4 is 11.8 Å². The number of esters is 1. The maximum Gasteiger partial charge on any atom is 0.320 e. The average Bonchev–Trinajstić information content (AvgIpc) is 3.34. The van der Waals surface area contributed by atoms with Crippen molar-refractivity contribution in [2.24, 2.45) is 5.92 Å². The second kappa shape index (κ2) is 14.4. The van der Waals surface area contributed by atoms with E-state index >= 15 is 0 Å². The monoisotopic (exact) mass is 488 g/mol. The van der Waals surface area contributed by atoms with Gasteiger partial charge in [-0.1, -0.05) is 38.7 Å². The lowest BCUT2D eigenvalue weighted by Gasteiger charge is -2.31. The van der Waals surface area contributed by atoms with E-state index in [-0.39, 0.29) is 24.2 Å². The molecule has 0 aliphatic carbocycles. The lowest BCUT2D eigenvalue weighted by Crippen LogP contribution is -2.35. The van der Waals surface area contributed by atoms with Gasteiger partial charge < -0.3 is 19.1 Å². The standard InChI is InChI=1S/C28H44N2O5/c1-4-5-6-7-8-11-24(31)18-23(20-30-14-9-10-15-30)28(35-27(32)21-29(2)3)22-12-13-25-26(19-22)34-17-16-33-25/h12-13,19,23,28H,4-11,14-18,20-21H2,1-3H3/t23-,28-/m1/s1. The molecule has 0 aromatic heterocycles. The van der Waals surface area contributed by atoms with E-state index in [9.17, 15) is 9.59 Å². The largest absolute Gasteiger partial charge is 0.486 e. The third-order valence-corrected chi connectivity index (χ3v) is 6.77. The summed E-state index contributed by atoms with van der Waals surface area (Å²) in [5.74, 6) is 1.25. The Labute approximate surface area is 211 Å². The molecule has 0 N–H and O–H groups in total. The molecule has 35 heavy (non-hydrogen) atoms. The van der Waals surface area contributed by atoms with Crippen molar-refractivity contribution in [2.75, 3.05) is 53.5 Å². The Morgan fingerprint density at radius 3 is 2.46 bits per heavy atom. The summed E-state index contributed by atoms with van der Waals surface area (Å²) in [6.07, 6.45) is 8.48. The summed E-state index contributed by atoms with van der Waals surface area (Å²) in [6, 6.07) is 5.76. The Morgan fingerprint density at radius 2 is 1.74 bits per heavy atom. The molecule has 2 aliphatic heterocycles. The summed E-state index contributed by atoms with van der Waals surface area (Å²) in [5.41, 5.74) is 0.862. The Hall–Kier alpha value is -2.12. The molecule has 1 aromatic rings. The van der Waals surface area contributed by atoms with Crippen molar-refractivity contribution in [3.05, 3.63) is 23.8 Å². The average molecular weight is 489 g/mol. The van der Waals surface area contributed by atoms with Crippen molar-refractivity contribution in [3.63, 3.8) is 0 Å². The number of likely N-dealkylation sites (tertiary alicyclic amines) is 1. The molecular formula is C28H44N2O5. The van der Waals surface area contributed by atoms with E-state index in [1.54, 1.807) is 4.90 Å². The number of hydrogen-bond donors (Lipinski definition) is 0. The molecule has 1 fully saturated rings. The van der Waals surface area contributed by atoms with Crippen molar-refractivity contribution < 1.29 is 23.8 Å². The SMILES string of the molecule is CCCCCCCC(=O)C[C@H](CN1CCCC1)[C@H](OC(=O)CN(C)C)c1ccc2c(c1)OCCO2. The van der Waals surface area contributed by atoms with Gasteiger partial charge in [-0.05, 0) is 64.1 Å². The van der Waals surface area contributed by atoms with Crippen LogP contribution in [0, 0.1) is 5.92 Å². The number of nitrogens with zero attached hydrogens (tertiary/aromatic N) is 2. The third-order valence-electron chi connectivity index (χ3n) is 6.77. The van der Waals surface area contributed by atoms with Crippen LogP contribution in [0.1, 0.15) is 76.4 Å². The number of likely N-dealkylation sites (N-methyl/N-ethyl adjacent to an activating group) is 1. The molecule has 0 bridgehead atoms. The topological polar surface area (TPSA) is 68.3 Å². The first-order chi connectivity index (χ1) is 17.0. The Kier molecular flexibility index (Phi) is 11.3. The van der Waals surface area contributed by atoms with E-state index in [0.717, 1.165) is 38.0 Å². The number of Topliss-reactive ketones (excluding diaryl/α,β-unsaturated/α-hetero) is 1. The Balaban J connectivity index is 1.79. The van der Waals surface area contributed by atoms with Crippen LogP contribution in [0.3, 0.4) is 0 Å². The highest BCUT2D eigenvalue weighted by Gasteiger charge is 2.32. The van der Waals surface area contributed by atoms with Gasteiger partial charge >= 0.3 is 5.97 Å². The zero-order chi connectivity index (χ0) is 25.0. The molecule has 0 radical (unpaired) electrons. The summed E-state index contributed by atoms with van der Waals surface area (Å²) < 4.78 is 17.6. The highest BCUT2D eigenvalue weighted by Crippen LogP contribution is 2.38. The van der Waals surface area contributed by atoms with Crippen LogP contribution in [0.25, 0.3) is 0 Å². The van der Waals surface area contributed by atoms with Gasteiger partial charge in [0.25, 0.3) is 0 Å². The van der Waals surface area contributed by atoms with Gasteiger partial charge in [-0.3, -0.25) is 14.5 Å². The summed E-state index contributed by atoms with van der Waals surface area (Å²) >= 11 is 0. The third kappa shape index (κ3) is 9.12. The number of carbonyl (C=O) groups excluding carboxylic acids is 2. The fourth-order valence-corrected chi connectivity index (χ4v) is 4.99. The maximum atomic E-state index is 13.1. The first-order valence-electron chi connectivity index (χ1n) is 13.4. The van der Waals surface area contributed by atoms with Crippen LogP contribution in [-0.4, -0.2) is 75.0 Å². The smallest absolute Gasteiger partial charge is 0.320 e. The molecule has 0 saturated carbocycles. The predicted molar refractivity (Wildman–Crippen MR) is 137 cm³/mol. The Morgan fingerprint density at radius 1 is 1.03 bits per heavy atom. The van der Waals surface area contributed by atoms with Gasteiger partial charge in [0, 0.05) is 25.3 Å². The number of fused-ring (bicyclic) bond motifs is 1. The second-order valence-corrected chi connectivity index (χ2v) is 10.2. The normalized spacial score (nSPS) is 17.4. The summed E-state index contributed by atoms with van der Waals surface area (Å²) in [4.78, 5) is 30.1. The number of ketones is 1. The van der Waals surface area contributed by atoms with Gasteiger partial charge in [0.2, 0.25) is 0 Å². The fourth-order valence-electron chi connectivity index (χ4n) is 4.99. The van der Waals surface area contributed by atoms with Crippen LogP contribution in [0.2, 0.25) is 0 Å². The van der Waals surface area contributed by atoms with Gasteiger partial charge in [-0.2, -0.15) is 0 Å². The van der Waals surface area contributed by atoms with Gasteiger partial charge in [0.1, 0.15) is 25.1 Å². The minimum Gasteiger partial charge on any atom is -0.486 e. The van der Waals surface area contributed by atoms with E-state index in [2.05, 4.69) is 11.8 Å². The van der Waals surface area contributed by atoms with Gasteiger partial charge in [0.05, 0.1) is 6.54 Å². The van der Waals surface area contributed by atoms with Crippen LogP contribution in [-0.2, 0) is 14.3 Å². The van der Waals surface area contributed by atoms with Crippen LogP contribution in [0.4, 0.5) is 0 Å². The van der Waals surface area contributed by atoms with Gasteiger partial charge in [-0.25, -0.2) is 0 Å². The number of benzene rings is 1. The lowest BCUT2D eigenvalue weighted by molar-refractivity contribution is -0.154. The van der Waals surface area contributed by atoms with Crippen LogP contribution in [0.15, 0.2) is 18.2 Å². The number of unbranched alkanes of at least 4 members (excludes halogenated alkanes) is 4. The van der Waals surface area contributed by atoms with Gasteiger partial charge in [0.15, 0.2) is 11.5 Å². The van der Waals surface area contributed by atoms with E-state index in [1.807, 2.05) is 32.3 Å². The molecular weight excluding hydrogens is 444 g/mol. The second-order valence-electron chi connectivity index (χ2n) is 10.2. The molecule has 2 heterocycles. The number of rotatable bonds is 15. The van der Waals surface area contributed by atoms with E-state index in [1.165, 1.54) is 32.1 Å². The molecule has 2 aliphatic rings. The minimum atomic E-state index is -0.511. The fraction of sp³-hybridized carbons (Fsp3) is 0.714. The van der Waals surface area contributed by atoms with Crippen molar-refractivity contribution in [1.29, 1.82) is 0 Å². The van der Waals surface area contributed by atoms with Crippen LogP contribution in [0.5, 0.6) is 11.5 Å². The molecule has 7 nitrogen and oxygen atoms in total. The van der Waals surface area contributed by atoms with Gasteiger partial charge in [-0.15, -0.1) is 0 Å². The zero-order valence-corrected chi connectivity index (χ0v) is 21.9. The van der Waals surface area contributed by atoms with Crippen molar-refractivity contribution in [3.8, 4) is 11.5 Å². The van der Waals surface area contributed by atoms with Crippen molar-refractivity contribution in [2.45, 2.75) is 70.8 Å². The summed E-state index contributed by atoms with van der Waals surface area (Å²) in [6.45, 7) is 6.22. The van der Waals surface area contributed by atoms with E-state index < -0.39 is 6.10 Å². The Bertz CT molecular complexity index is 807. The molecule has 1 aromatic carbocycles. The van der Waals surface area contributed by atoms with E-state index in [4.69, 9.17) is 14.2 Å². The number of ether oxygens (including phenoxy) is 3. The molecule has 2 atom stereocenters. The van der Waals surface area contributed by atoms with E-state index in [0.29, 0.717) is 37.6 Å². The highest BCUT2D eigenvalue weighted by atomic mass is 16.6. The lowest BCUT2D eigenvalue weighted by atomic mass is 9.89. The number of carbonyl (C=O) groups is 2. The molecule has 0 amide bonds. The molecule has 1 saturated heterocycles. The molecule has 196 valence electrons. The first kappa shape index (κ1) is 27.5. The van der Waals surface area contributed by atoms with Crippen LogP contribution < -0.4 is 9.47 Å². The maximum absolute atomic E-state index is 13.1. The molecule has 7 heteroatoms. The quantitative estimate of drug-likeness (QED) is 0.263. The summed E-state index contributed by atoms with van der Waals surface area (Å²) in [7, 11) is 3.70. The first-order valence-corrected chi connectivity index (χ1v) is 13.4. The predicted octanol–water partition coefficient (Wildman–Crippen LogP) is 4.64. The molecule has 0 spiro atoms. The molecule has 3 rings (SSSR count). The number of hydrogen-bond acceptors (Lipinski definition) is 7. The summed E-state index contributed by atoms with van der Waals surface area (Å²) in [5, 5.41) is 0.